The molecule has 0 saturated carbocycles. The number of ether oxygens (including phenoxy) is 1. The predicted molar refractivity (Wildman–Crippen MR) is 104 cm³/mol. The zero-order valence-corrected chi connectivity index (χ0v) is 15.8. The molecular formula is C21H19ClFN3O2. The number of aromatic nitrogens is 2. The first-order valence-electron chi connectivity index (χ1n) is 9.05. The fraction of sp³-hybridized carbons (Fsp3) is 0.238. The summed E-state index contributed by atoms with van der Waals surface area (Å²) in [6.07, 6.45) is 2.43. The highest BCUT2D eigenvalue weighted by molar-refractivity contribution is 6.31. The summed E-state index contributed by atoms with van der Waals surface area (Å²) in [6.45, 7) is 1.43. The highest BCUT2D eigenvalue weighted by atomic mass is 35.5. The number of fused-ring (bicyclic) bond motifs is 1. The predicted octanol–water partition coefficient (Wildman–Crippen LogP) is 3.77. The topological polar surface area (TPSA) is 56.1 Å². The Labute approximate surface area is 167 Å². The van der Waals surface area contributed by atoms with Crippen molar-refractivity contribution in [2.24, 2.45) is 0 Å². The number of halogens is 2. The van der Waals surface area contributed by atoms with Gasteiger partial charge in [0.2, 0.25) is 0 Å². The van der Waals surface area contributed by atoms with Gasteiger partial charge in [-0.3, -0.25) is 9.48 Å². The molecule has 5 nitrogen and oxygen atoms in total. The van der Waals surface area contributed by atoms with Gasteiger partial charge in [-0.1, -0.05) is 41.9 Å². The maximum absolute atomic E-state index is 13.9. The van der Waals surface area contributed by atoms with Crippen LogP contribution in [0, 0.1) is 5.82 Å². The number of hydrogen-bond donors (Lipinski definition) is 1. The Morgan fingerprint density at radius 2 is 2.11 bits per heavy atom. The Morgan fingerprint density at radius 1 is 1.29 bits per heavy atom. The number of nitrogens with zero attached hydrogens (tertiary/aromatic N) is 2. The van der Waals surface area contributed by atoms with Crippen LogP contribution in [0.15, 0.2) is 54.7 Å². The van der Waals surface area contributed by atoms with E-state index in [2.05, 4.69) is 22.5 Å². The van der Waals surface area contributed by atoms with Gasteiger partial charge in [-0.25, -0.2) is 4.39 Å². The second-order valence-electron chi connectivity index (χ2n) is 6.67. The standard InChI is InChI=1S/C21H19ClFN3O2/c22-16-6-7-18(23)17(10-16)21(27)24-11-19-20-15(8-9-28-19)13-26(25-20)12-14-4-2-1-3-5-14/h1-7,10,13,19H,8-9,11-12H2,(H,24,27)/t19-/m0/s1. The van der Waals surface area contributed by atoms with Crippen molar-refractivity contribution < 1.29 is 13.9 Å². The lowest BCUT2D eigenvalue weighted by Crippen LogP contribution is -2.32. The van der Waals surface area contributed by atoms with Crippen LogP contribution in [-0.4, -0.2) is 28.8 Å². The lowest BCUT2D eigenvalue weighted by molar-refractivity contribution is 0.0383. The molecule has 1 aromatic heterocycles. The summed E-state index contributed by atoms with van der Waals surface area (Å²) in [7, 11) is 0. The second kappa shape index (κ2) is 8.12. The number of benzene rings is 2. The van der Waals surface area contributed by atoms with Crippen LogP contribution in [0.2, 0.25) is 5.02 Å². The van der Waals surface area contributed by atoms with Crippen molar-refractivity contribution in [2.75, 3.05) is 13.2 Å². The van der Waals surface area contributed by atoms with Crippen molar-refractivity contribution in [3.8, 4) is 0 Å². The van der Waals surface area contributed by atoms with E-state index in [-0.39, 0.29) is 18.2 Å². The minimum atomic E-state index is -0.612. The molecule has 0 fully saturated rings. The van der Waals surface area contributed by atoms with Gasteiger partial charge < -0.3 is 10.1 Å². The summed E-state index contributed by atoms with van der Waals surface area (Å²) in [6, 6.07) is 14.0. The van der Waals surface area contributed by atoms with E-state index in [4.69, 9.17) is 16.3 Å². The molecule has 3 aromatic rings. The molecule has 0 aliphatic carbocycles. The fourth-order valence-electron chi connectivity index (χ4n) is 3.29. The third-order valence-corrected chi connectivity index (χ3v) is 4.91. The molecule has 2 aromatic carbocycles. The van der Waals surface area contributed by atoms with E-state index in [9.17, 15) is 9.18 Å². The molecule has 28 heavy (non-hydrogen) atoms. The van der Waals surface area contributed by atoms with Crippen molar-refractivity contribution in [3.63, 3.8) is 0 Å². The maximum atomic E-state index is 13.9. The van der Waals surface area contributed by atoms with Gasteiger partial charge in [0.1, 0.15) is 11.9 Å². The van der Waals surface area contributed by atoms with Gasteiger partial charge in [0.05, 0.1) is 24.4 Å². The van der Waals surface area contributed by atoms with Crippen LogP contribution in [-0.2, 0) is 17.7 Å². The van der Waals surface area contributed by atoms with E-state index in [0.29, 0.717) is 18.2 Å². The molecular weight excluding hydrogens is 381 g/mol. The summed E-state index contributed by atoms with van der Waals surface area (Å²) in [5.74, 6) is -1.14. The average Bonchev–Trinajstić information content (AvgIpc) is 3.11. The highest BCUT2D eigenvalue weighted by Crippen LogP contribution is 2.26. The lowest BCUT2D eigenvalue weighted by Gasteiger charge is -2.22. The smallest absolute Gasteiger partial charge is 0.254 e. The third-order valence-electron chi connectivity index (χ3n) is 4.67. The number of rotatable bonds is 5. The van der Waals surface area contributed by atoms with Crippen molar-refractivity contribution in [2.45, 2.75) is 19.1 Å². The molecule has 1 amide bonds. The number of carbonyl (C=O) groups is 1. The zero-order valence-electron chi connectivity index (χ0n) is 15.1. The monoisotopic (exact) mass is 399 g/mol. The van der Waals surface area contributed by atoms with Gasteiger partial charge in [-0.15, -0.1) is 0 Å². The molecule has 4 rings (SSSR count). The molecule has 1 N–H and O–H groups in total. The van der Waals surface area contributed by atoms with Crippen LogP contribution in [0.1, 0.15) is 33.3 Å². The van der Waals surface area contributed by atoms with E-state index in [1.165, 1.54) is 18.2 Å². The largest absolute Gasteiger partial charge is 0.370 e. The first-order valence-corrected chi connectivity index (χ1v) is 9.43. The van der Waals surface area contributed by atoms with E-state index in [0.717, 1.165) is 23.2 Å². The molecule has 1 aliphatic heterocycles. The number of nitrogens with one attached hydrogen (secondary N) is 1. The number of carbonyl (C=O) groups excluding carboxylic acids is 1. The van der Waals surface area contributed by atoms with Crippen LogP contribution < -0.4 is 5.32 Å². The third kappa shape index (κ3) is 4.08. The van der Waals surface area contributed by atoms with Gasteiger partial charge in [0.15, 0.2) is 0 Å². The number of amides is 1. The molecule has 0 bridgehead atoms. The van der Waals surface area contributed by atoms with Crippen molar-refractivity contribution in [3.05, 3.63) is 88.0 Å². The SMILES string of the molecule is O=C(NC[C@@H]1OCCc2cn(Cc3ccccc3)nc21)c1cc(Cl)ccc1F. The lowest BCUT2D eigenvalue weighted by atomic mass is 10.1. The molecule has 0 radical (unpaired) electrons. The highest BCUT2D eigenvalue weighted by Gasteiger charge is 2.26. The first-order chi connectivity index (χ1) is 13.6. The molecule has 144 valence electrons. The van der Waals surface area contributed by atoms with Gasteiger partial charge in [0.25, 0.3) is 5.91 Å². The molecule has 0 saturated heterocycles. The van der Waals surface area contributed by atoms with Crippen LogP contribution in [0.5, 0.6) is 0 Å². The van der Waals surface area contributed by atoms with Crippen molar-refractivity contribution in [1.29, 1.82) is 0 Å². The zero-order chi connectivity index (χ0) is 19.5. The minimum absolute atomic E-state index is 0.0851. The maximum Gasteiger partial charge on any atom is 0.254 e. The van der Waals surface area contributed by atoms with Crippen molar-refractivity contribution >= 4 is 17.5 Å². The Bertz CT molecular complexity index is 991. The fourth-order valence-corrected chi connectivity index (χ4v) is 3.46. The van der Waals surface area contributed by atoms with Crippen molar-refractivity contribution in [1.82, 2.24) is 15.1 Å². The second-order valence-corrected chi connectivity index (χ2v) is 7.10. The summed E-state index contributed by atoms with van der Waals surface area (Å²) in [4.78, 5) is 12.3. The van der Waals surface area contributed by atoms with Crippen LogP contribution >= 0.6 is 11.6 Å². The summed E-state index contributed by atoms with van der Waals surface area (Å²) in [5, 5.41) is 7.69. The summed E-state index contributed by atoms with van der Waals surface area (Å²) in [5.41, 5.74) is 2.99. The molecule has 2 heterocycles. The average molecular weight is 400 g/mol. The van der Waals surface area contributed by atoms with Gasteiger partial charge in [0, 0.05) is 17.8 Å². The minimum Gasteiger partial charge on any atom is -0.370 e. The van der Waals surface area contributed by atoms with Gasteiger partial charge in [-0.2, -0.15) is 5.10 Å². The van der Waals surface area contributed by atoms with Crippen LogP contribution in [0.4, 0.5) is 4.39 Å². The Kier molecular flexibility index (Phi) is 5.41. The van der Waals surface area contributed by atoms with E-state index >= 15 is 0 Å². The first kappa shape index (κ1) is 18.7. The normalized spacial score (nSPS) is 15.9. The van der Waals surface area contributed by atoms with E-state index in [1.807, 2.05) is 29.1 Å². The molecule has 1 atom stereocenters. The Hall–Kier alpha value is -2.70. The summed E-state index contributed by atoms with van der Waals surface area (Å²) < 4.78 is 21.6. The van der Waals surface area contributed by atoms with Gasteiger partial charge in [-0.05, 0) is 35.7 Å². The molecule has 7 heteroatoms. The molecule has 0 spiro atoms. The van der Waals surface area contributed by atoms with E-state index in [1.54, 1.807) is 0 Å². The van der Waals surface area contributed by atoms with Crippen LogP contribution in [0.3, 0.4) is 0 Å². The molecule has 0 unspecified atom stereocenters. The summed E-state index contributed by atoms with van der Waals surface area (Å²) >= 11 is 5.86. The van der Waals surface area contributed by atoms with Crippen LogP contribution in [0.25, 0.3) is 0 Å². The van der Waals surface area contributed by atoms with Gasteiger partial charge >= 0.3 is 0 Å². The Morgan fingerprint density at radius 3 is 2.93 bits per heavy atom. The van der Waals surface area contributed by atoms with E-state index < -0.39 is 11.7 Å². The Balaban J connectivity index is 1.46. The molecule has 1 aliphatic rings. The number of hydrogen-bond acceptors (Lipinski definition) is 3. The quantitative estimate of drug-likeness (QED) is 0.710.